The predicted molar refractivity (Wildman–Crippen MR) is 97.4 cm³/mol. The van der Waals surface area contributed by atoms with E-state index < -0.39 is 0 Å². The van der Waals surface area contributed by atoms with Crippen LogP contribution in [0.1, 0.15) is 12.0 Å². The summed E-state index contributed by atoms with van der Waals surface area (Å²) in [7, 11) is 4.92. The summed E-state index contributed by atoms with van der Waals surface area (Å²) in [4.78, 5) is 14.1. The zero-order valence-electron chi connectivity index (χ0n) is 15.3. The smallest absolute Gasteiger partial charge is 0.226 e. The number of ether oxygens (including phenoxy) is 3. The number of carbonyl (C=O) groups excluding carboxylic acids is 1. The van der Waals surface area contributed by atoms with Crippen molar-refractivity contribution in [2.75, 3.05) is 34.4 Å². The maximum absolute atomic E-state index is 12.8. The Hall–Kier alpha value is -2.76. The Bertz CT molecular complexity index is 718. The van der Waals surface area contributed by atoms with Crippen LogP contribution in [0.2, 0.25) is 0 Å². The topological polar surface area (TPSA) is 48.0 Å². The number of hydrogen-bond donors (Lipinski definition) is 0. The molecule has 0 aromatic heterocycles. The molecule has 0 spiro atoms. The monoisotopic (exact) mass is 361 g/mol. The highest BCUT2D eigenvalue weighted by molar-refractivity contribution is 5.79. The number of likely N-dealkylation sites (N-methyl/N-ethyl adjacent to an activating group) is 1. The Morgan fingerprint density at radius 2 is 1.73 bits per heavy atom. The van der Waals surface area contributed by atoms with Gasteiger partial charge in [-0.3, -0.25) is 4.79 Å². The lowest BCUT2D eigenvalue weighted by atomic mass is 10.1. The standard InChI is InChI=1S/C20H24FNO4/c1-22(11-4-12-26-17-7-5-16(21)6-8-17)20(23)14-15-13-18(24-2)9-10-19(15)25-3/h5-10,13H,4,11-12,14H2,1-3H3. The Balaban J connectivity index is 1.81. The molecule has 140 valence electrons. The fourth-order valence-corrected chi connectivity index (χ4v) is 2.47. The van der Waals surface area contributed by atoms with Crippen molar-refractivity contribution in [2.45, 2.75) is 12.8 Å². The number of hydrogen-bond acceptors (Lipinski definition) is 4. The highest BCUT2D eigenvalue weighted by Gasteiger charge is 2.14. The third-order valence-electron chi connectivity index (χ3n) is 3.98. The van der Waals surface area contributed by atoms with Gasteiger partial charge in [-0.15, -0.1) is 0 Å². The van der Waals surface area contributed by atoms with Gasteiger partial charge in [0.1, 0.15) is 23.1 Å². The molecule has 2 aromatic rings. The van der Waals surface area contributed by atoms with Crippen molar-refractivity contribution in [2.24, 2.45) is 0 Å². The molecule has 0 aliphatic rings. The minimum Gasteiger partial charge on any atom is -0.497 e. The highest BCUT2D eigenvalue weighted by atomic mass is 19.1. The number of benzene rings is 2. The Labute approximate surface area is 153 Å². The first-order chi connectivity index (χ1) is 12.5. The van der Waals surface area contributed by atoms with Crippen LogP contribution in [0, 0.1) is 5.82 Å². The van der Waals surface area contributed by atoms with Crippen LogP contribution in [0.5, 0.6) is 17.2 Å². The first kappa shape index (κ1) is 19.6. The second-order valence-electron chi connectivity index (χ2n) is 5.83. The number of halogens is 1. The number of rotatable bonds is 9. The first-order valence-electron chi connectivity index (χ1n) is 8.36. The average molecular weight is 361 g/mol. The van der Waals surface area contributed by atoms with Crippen LogP contribution in [0.3, 0.4) is 0 Å². The van der Waals surface area contributed by atoms with Crippen LogP contribution < -0.4 is 14.2 Å². The molecule has 0 aliphatic heterocycles. The molecule has 0 unspecified atom stereocenters. The summed E-state index contributed by atoms with van der Waals surface area (Å²) in [5, 5.41) is 0. The molecular formula is C20H24FNO4. The van der Waals surface area contributed by atoms with E-state index >= 15 is 0 Å². The van der Waals surface area contributed by atoms with Crippen LogP contribution in [-0.2, 0) is 11.2 Å². The molecule has 2 rings (SSSR count). The van der Waals surface area contributed by atoms with E-state index in [2.05, 4.69) is 0 Å². The van der Waals surface area contributed by atoms with Gasteiger partial charge in [0.25, 0.3) is 0 Å². The Morgan fingerprint density at radius 1 is 1.04 bits per heavy atom. The van der Waals surface area contributed by atoms with E-state index in [1.807, 2.05) is 6.07 Å². The molecule has 26 heavy (non-hydrogen) atoms. The Morgan fingerprint density at radius 3 is 2.38 bits per heavy atom. The summed E-state index contributed by atoms with van der Waals surface area (Å²) in [5.41, 5.74) is 0.784. The highest BCUT2D eigenvalue weighted by Crippen LogP contribution is 2.24. The average Bonchev–Trinajstić information content (AvgIpc) is 2.66. The lowest BCUT2D eigenvalue weighted by Gasteiger charge is -2.18. The van der Waals surface area contributed by atoms with Crippen molar-refractivity contribution >= 4 is 5.91 Å². The summed E-state index contributed by atoms with van der Waals surface area (Å²) < 4.78 is 28.9. The van der Waals surface area contributed by atoms with E-state index in [1.54, 1.807) is 50.4 Å². The summed E-state index contributed by atoms with van der Waals surface area (Å²) in [6.07, 6.45) is 0.907. The molecule has 0 atom stereocenters. The second-order valence-corrected chi connectivity index (χ2v) is 5.83. The van der Waals surface area contributed by atoms with Gasteiger partial charge >= 0.3 is 0 Å². The zero-order chi connectivity index (χ0) is 18.9. The minimum atomic E-state index is -0.296. The van der Waals surface area contributed by atoms with Gasteiger partial charge < -0.3 is 19.1 Å². The zero-order valence-corrected chi connectivity index (χ0v) is 15.3. The predicted octanol–water partition coefficient (Wildman–Crippen LogP) is 3.31. The van der Waals surface area contributed by atoms with Gasteiger partial charge in [-0.2, -0.15) is 0 Å². The molecule has 0 bridgehead atoms. The number of nitrogens with zero attached hydrogens (tertiary/aromatic N) is 1. The van der Waals surface area contributed by atoms with Crippen molar-refractivity contribution < 1.29 is 23.4 Å². The maximum Gasteiger partial charge on any atom is 0.226 e. The summed E-state index contributed by atoms with van der Waals surface area (Å²) in [6.45, 7) is 1.01. The lowest BCUT2D eigenvalue weighted by molar-refractivity contribution is -0.129. The SMILES string of the molecule is COc1ccc(OC)c(CC(=O)N(C)CCCOc2ccc(F)cc2)c1. The molecule has 0 saturated heterocycles. The summed E-state index contributed by atoms with van der Waals surface area (Å²) in [5.74, 6) is 1.65. The van der Waals surface area contributed by atoms with Crippen LogP contribution in [0.15, 0.2) is 42.5 Å². The van der Waals surface area contributed by atoms with E-state index in [9.17, 15) is 9.18 Å². The molecule has 0 saturated carbocycles. The maximum atomic E-state index is 12.8. The minimum absolute atomic E-state index is 0.0154. The van der Waals surface area contributed by atoms with Gasteiger partial charge in [0, 0.05) is 19.2 Å². The third kappa shape index (κ3) is 5.65. The molecule has 0 heterocycles. The van der Waals surface area contributed by atoms with Crippen LogP contribution >= 0.6 is 0 Å². The summed E-state index contributed by atoms with van der Waals surface area (Å²) in [6, 6.07) is 11.3. The van der Waals surface area contributed by atoms with E-state index in [0.29, 0.717) is 36.8 Å². The molecule has 1 amide bonds. The molecule has 0 N–H and O–H groups in total. The first-order valence-corrected chi connectivity index (χ1v) is 8.36. The summed E-state index contributed by atoms with van der Waals surface area (Å²) >= 11 is 0. The van der Waals surface area contributed by atoms with Crippen molar-refractivity contribution in [1.29, 1.82) is 0 Å². The fourth-order valence-electron chi connectivity index (χ4n) is 2.47. The second kappa shape index (κ2) is 9.65. The van der Waals surface area contributed by atoms with Crippen molar-refractivity contribution in [3.05, 3.63) is 53.8 Å². The van der Waals surface area contributed by atoms with Gasteiger partial charge in [-0.1, -0.05) is 0 Å². The molecular weight excluding hydrogens is 337 g/mol. The van der Waals surface area contributed by atoms with Crippen molar-refractivity contribution in [1.82, 2.24) is 4.90 Å². The molecule has 6 heteroatoms. The Kier molecular flexibility index (Phi) is 7.26. The van der Waals surface area contributed by atoms with E-state index in [1.165, 1.54) is 12.1 Å². The number of methoxy groups -OCH3 is 2. The molecule has 0 aliphatic carbocycles. The van der Waals surface area contributed by atoms with Crippen molar-refractivity contribution in [3.8, 4) is 17.2 Å². The van der Waals surface area contributed by atoms with Gasteiger partial charge in [0.2, 0.25) is 5.91 Å². The van der Waals surface area contributed by atoms with Gasteiger partial charge in [-0.05, 0) is 48.9 Å². The number of carbonyl (C=O) groups is 1. The quantitative estimate of drug-likeness (QED) is 0.643. The van der Waals surface area contributed by atoms with E-state index in [4.69, 9.17) is 14.2 Å². The van der Waals surface area contributed by atoms with Crippen LogP contribution in [-0.4, -0.2) is 45.2 Å². The molecule has 2 aromatic carbocycles. The van der Waals surface area contributed by atoms with Crippen LogP contribution in [0.4, 0.5) is 4.39 Å². The van der Waals surface area contributed by atoms with E-state index in [-0.39, 0.29) is 18.1 Å². The molecule has 0 fully saturated rings. The third-order valence-corrected chi connectivity index (χ3v) is 3.98. The molecule has 0 radical (unpaired) electrons. The number of amides is 1. The van der Waals surface area contributed by atoms with Crippen molar-refractivity contribution in [3.63, 3.8) is 0 Å². The fraction of sp³-hybridized carbons (Fsp3) is 0.350. The van der Waals surface area contributed by atoms with Gasteiger partial charge in [-0.25, -0.2) is 4.39 Å². The normalized spacial score (nSPS) is 10.3. The van der Waals surface area contributed by atoms with Gasteiger partial charge in [0.15, 0.2) is 0 Å². The largest absolute Gasteiger partial charge is 0.497 e. The molecule has 5 nitrogen and oxygen atoms in total. The van der Waals surface area contributed by atoms with Crippen LogP contribution in [0.25, 0.3) is 0 Å². The lowest BCUT2D eigenvalue weighted by Crippen LogP contribution is -2.30. The van der Waals surface area contributed by atoms with Gasteiger partial charge in [0.05, 0.1) is 27.2 Å². The van der Waals surface area contributed by atoms with E-state index in [0.717, 1.165) is 5.56 Å².